The number of nitrogens with zero attached hydrogens (tertiary/aromatic N) is 1. The lowest BCUT2D eigenvalue weighted by atomic mass is 10.1. The first-order valence-corrected chi connectivity index (χ1v) is 7.97. The molecule has 2 rings (SSSR count). The second kappa shape index (κ2) is 8.08. The topological polar surface area (TPSA) is 24.5 Å². The Kier molecular flexibility index (Phi) is 6.42. The van der Waals surface area contributed by atoms with E-state index < -0.39 is 0 Å². The van der Waals surface area contributed by atoms with Crippen LogP contribution in [0.1, 0.15) is 18.9 Å². The minimum Gasteiger partial charge on any atom is -0.378 e. The lowest BCUT2D eigenvalue weighted by molar-refractivity contribution is -0.0109. The van der Waals surface area contributed by atoms with Gasteiger partial charge in [0.15, 0.2) is 0 Å². The molecule has 1 aliphatic rings. The zero-order valence-corrected chi connectivity index (χ0v) is 13.5. The van der Waals surface area contributed by atoms with Crippen LogP contribution < -0.4 is 5.32 Å². The number of ether oxygens (including phenoxy) is 1. The van der Waals surface area contributed by atoms with Crippen molar-refractivity contribution < 1.29 is 9.13 Å². The van der Waals surface area contributed by atoms with Crippen molar-refractivity contribution in [3.63, 3.8) is 0 Å². The SMILES string of the molecule is CCCNCC1COCCN1Cc1cccc(F)c1Br. The van der Waals surface area contributed by atoms with Crippen molar-refractivity contribution >= 4 is 15.9 Å². The maximum absolute atomic E-state index is 13.6. The fourth-order valence-electron chi connectivity index (χ4n) is 2.42. The van der Waals surface area contributed by atoms with Crippen LogP contribution >= 0.6 is 15.9 Å². The third kappa shape index (κ3) is 4.25. The van der Waals surface area contributed by atoms with E-state index in [0.717, 1.165) is 51.4 Å². The molecule has 1 aromatic rings. The Bertz CT molecular complexity index is 430. The van der Waals surface area contributed by atoms with Gasteiger partial charge in [-0.1, -0.05) is 19.1 Å². The van der Waals surface area contributed by atoms with E-state index in [-0.39, 0.29) is 5.82 Å². The summed E-state index contributed by atoms with van der Waals surface area (Å²) in [4.78, 5) is 2.37. The van der Waals surface area contributed by atoms with Crippen LogP contribution in [0.25, 0.3) is 0 Å². The molecule has 112 valence electrons. The molecule has 1 saturated heterocycles. The van der Waals surface area contributed by atoms with Crippen molar-refractivity contribution in [1.29, 1.82) is 0 Å². The van der Waals surface area contributed by atoms with Gasteiger partial charge in [0.1, 0.15) is 5.82 Å². The summed E-state index contributed by atoms with van der Waals surface area (Å²) in [5.74, 6) is -0.198. The van der Waals surface area contributed by atoms with Gasteiger partial charge in [-0.25, -0.2) is 4.39 Å². The summed E-state index contributed by atoms with van der Waals surface area (Å²) in [5, 5.41) is 3.44. The lowest BCUT2D eigenvalue weighted by Crippen LogP contribution is -2.50. The molecule has 1 aromatic carbocycles. The standard InChI is InChI=1S/C15H22BrFN2O/c1-2-6-18-9-13-11-20-8-7-19(13)10-12-4-3-5-14(17)15(12)16/h3-5,13,18H,2,6-11H2,1H3. The van der Waals surface area contributed by atoms with E-state index in [1.54, 1.807) is 6.07 Å². The molecule has 0 amide bonds. The van der Waals surface area contributed by atoms with Crippen LogP contribution in [-0.2, 0) is 11.3 Å². The highest BCUT2D eigenvalue weighted by molar-refractivity contribution is 9.10. The summed E-state index contributed by atoms with van der Waals surface area (Å²) in [6.07, 6.45) is 1.13. The Balaban J connectivity index is 1.99. The quantitative estimate of drug-likeness (QED) is 0.803. The molecule has 0 aromatic heterocycles. The summed E-state index contributed by atoms with van der Waals surface area (Å²) < 4.78 is 19.7. The van der Waals surface area contributed by atoms with Gasteiger partial charge in [0, 0.05) is 25.7 Å². The van der Waals surface area contributed by atoms with Gasteiger partial charge in [-0.2, -0.15) is 0 Å². The van der Waals surface area contributed by atoms with E-state index >= 15 is 0 Å². The van der Waals surface area contributed by atoms with Crippen molar-refractivity contribution in [1.82, 2.24) is 10.2 Å². The van der Waals surface area contributed by atoms with Gasteiger partial charge in [-0.3, -0.25) is 4.90 Å². The molecule has 1 atom stereocenters. The predicted octanol–water partition coefficient (Wildman–Crippen LogP) is 2.79. The zero-order valence-electron chi connectivity index (χ0n) is 11.9. The highest BCUT2D eigenvalue weighted by Crippen LogP contribution is 2.23. The average Bonchev–Trinajstić information content (AvgIpc) is 2.46. The third-order valence-electron chi connectivity index (χ3n) is 3.56. The molecule has 1 heterocycles. The van der Waals surface area contributed by atoms with E-state index in [2.05, 4.69) is 33.1 Å². The maximum atomic E-state index is 13.6. The van der Waals surface area contributed by atoms with Crippen LogP contribution in [0.4, 0.5) is 4.39 Å². The van der Waals surface area contributed by atoms with Gasteiger partial charge in [-0.05, 0) is 40.5 Å². The number of halogens is 2. The summed E-state index contributed by atoms with van der Waals surface area (Å²) >= 11 is 3.34. The van der Waals surface area contributed by atoms with E-state index in [1.807, 2.05) is 6.07 Å². The van der Waals surface area contributed by atoms with Gasteiger partial charge in [0.05, 0.1) is 17.7 Å². The number of hydrogen-bond acceptors (Lipinski definition) is 3. The fraction of sp³-hybridized carbons (Fsp3) is 0.600. The number of rotatable bonds is 6. The molecule has 1 aliphatic heterocycles. The molecule has 0 radical (unpaired) electrons. The Morgan fingerprint density at radius 1 is 1.50 bits per heavy atom. The molecule has 0 saturated carbocycles. The molecule has 0 aliphatic carbocycles. The van der Waals surface area contributed by atoms with E-state index in [1.165, 1.54) is 6.07 Å². The maximum Gasteiger partial charge on any atom is 0.137 e. The summed E-state index contributed by atoms with van der Waals surface area (Å²) in [6, 6.07) is 5.57. The number of morpholine rings is 1. The second-order valence-electron chi connectivity index (χ2n) is 5.12. The number of nitrogens with one attached hydrogen (secondary N) is 1. The van der Waals surface area contributed by atoms with Crippen molar-refractivity contribution in [2.24, 2.45) is 0 Å². The first-order chi connectivity index (χ1) is 9.72. The molecule has 1 N–H and O–H groups in total. The Morgan fingerprint density at radius 2 is 2.35 bits per heavy atom. The van der Waals surface area contributed by atoms with Gasteiger partial charge in [0.2, 0.25) is 0 Å². The van der Waals surface area contributed by atoms with Crippen LogP contribution in [0.2, 0.25) is 0 Å². The largest absolute Gasteiger partial charge is 0.378 e. The van der Waals surface area contributed by atoms with Gasteiger partial charge in [-0.15, -0.1) is 0 Å². The van der Waals surface area contributed by atoms with Gasteiger partial charge < -0.3 is 10.1 Å². The number of benzene rings is 1. The first kappa shape index (κ1) is 15.9. The lowest BCUT2D eigenvalue weighted by Gasteiger charge is -2.36. The van der Waals surface area contributed by atoms with Crippen molar-refractivity contribution in [3.05, 3.63) is 34.1 Å². The normalized spacial score (nSPS) is 20.2. The van der Waals surface area contributed by atoms with Crippen LogP contribution in [0, 0.1) is 5.82 Å². The monoisotopic (exact) mass is 344 g/mol. The van der Waals surface area contributed by atoms with Crippen LogP contribution in [-0.4, -0.2) is 43.8 Å². The molecule has 0 bridgehead atoms. The summed E-state index contributed by atoms with van der Waals surface area (Å²) in [5.41, 5.74) is 0.993. The number of hydrogen-bond donors (Lipinski definition) is 1. The first-order valence-electron chi connectivity index (χ1n) is 7.17. The minimum absolute atomic E-state index is 0.198. The summed E-state index contributed by atoms with van der Waals surface area (Å²) in [6.45, 7) is 7.23. The van der Waals surface area contributed by atoms with E-state index in [4.69, 9.17) is 4.74 Å². The average molecular weight is 345 g/mol. The highest BCUT2D eigenvalue weighted by Gasteiger charge is 2.23. The van der Waals surface area contributed by atoms with Gasteiger partial charge in [0.25, 0.3) is 0 Å². The van der Waals surface area contributed by atoms with Crippen molar-refractivity contribution in [3.8, 4) is 0 Å². The molecule has 5 heteroatoms. The molecule has 3 nitrogen and oxygen atoms in total. The van der Waals surface area contributed by atoms with Crippen LogP contribution in [0.5, 0.6) is 0 Å². The molecule has 0 spiro atoms. The molecular formula is C15H22BrFN2O. The Labute approximate surface area is 128 Å². The van der Waals surface area contributed by atoms with Crippen molar-refractivity contribution in [2.45, 2.75) is 25.9 Å². The Hall–Kier alpha value is -0.490. The Morgan fingerprint density at radius 3 is 3.15 bits per heavy atom. The third-order valence-corrected chi connectivity index (χ3v) is 4.45. The second-order valence-corrected chi connectivity index (χ2v) is 5.91. The van der Waals surface area contributed by atoms with E-state index in [0.29, 0.717) is 10.5 Å². The highest BCUT2D eigenvalue weighted by atomic mass is 79.9. The van der Waals surface area contributed by atoms with Gasteiger partial charge >= 0.3 is 0 Å². The molecule has 1 fully saturated rings. The predicted molar refractivity (Wildman–Crippen MR) is 82.3 cm³/mol. The van der Waals surface area contributed by atoms with E-state index in [9.17, 15) is 4.39 Å². The minimum atomic E-state index is -0.198. The van der Waals surface area contributed by atoms with Crippen LogP contribution in [0.3, 0.4) is 0 Å². The zero-order chi connectivity index (χ0) is 14.4. The van der Waals surface area contributed by atoms with Crippen molar-refractivity contribution in [2.75, 3.05) is 32.8 Å². The molecule has 1 unspecified atom stereocenters. The fourth-order valence-corrected chi connectivity index (χ4v) is 2.81. The summed E-state index contributed by atoms with van der Waals surface area (Å²) in [7, 11) is 0. The molecule has 20 heavy (non-hydrogen) atoms. The smallest absolute Gasteiger partial charge is 0.137 e. The van der Waals surface area contributed by atoms with Crippen LogP contribution in [0.15, 0.2) is 22.7 Å². The molecular weight excluding hydrogens is 323 g/mol.